The van der Waals surface area contributed by atoms with Gasteiger partial charge in [-0.2, -0.15) is 0 Å². The number of H-pyrrole nitrogens is 1. The zero-order chi connectivity index (χ0) is 14.6. The molecule has 0 bridgehead atoms. The molecule has 1 heterocycles. The van der Waals surface area contributed by atoms with Crippen molar-refractivity contribution in [3.63, 3.8) is 0 Å². The van der Waals surface area contributed by atoms with Crippen molar-refractivity contribution in [3.8, 4) is 0 Å². The highest BCUT2D eigenvalue weighted by Gasteiger charge is 2.42. The number of carbonyl (C=O) groups excluding carboxylic acids is 1. The maximum Gasteiger partial charge on any atom is 0.251 e. The number of nitrogens with one attached hydrogen (secondary N) is 2. The van der Waals surface area contributed by atoms with Gasteiger partial charge >= 0.3 is 0 Å². The summed E-state index contributed by atoms with van der Waals surface area (Å²) in [6.45, 7) is 4.18. The van der Waals surface area contributed by atoms with Crippen LogP contribution >= 0.6 is 0 Å². The molecule has 0 atom stereocenters. The third-order valence-electron chi connectivity index (χ3n) is 5.13. The molecule has 0 unspecified atom stereocenters. The van der Waals surface area contributed by atoms with E-state index >= 15 is 0 Å². The van der Waals surface area contributed by atoms with Crippen molar-refractivity contribution < 1.29 is 4.79 Å². The second kappa shape index (κ2) is 4.62. The highest BCUT2D eigenvalue weighted by atomic mass is 16.1. The number of amides is 1. The normalized spacial score (nSPS) is 18.4. The Kier molecular flexibility index (Phi) is 2.84. The van der Waals surface area contributed by atoms with Gasteiger partial charge in [0.15, 0.2) is 0 Å². The number of aromatic nitrogens is 1. The largest absolute Gasteiger partial charge is 0.358 e. The van der Waals surface area contributed by atoms with Crippen LogP contribution in [0.5, 0.6) is 0 Å². The van der Waals surface area contributed by atoms with Crippen LogP contribution in [0.2, 0.25) is 0 Å². The lowest BCUT2D eigenvalue weighted by Gasteiger charge is -2.17. The minimum absolute atomic E-state index is 0.0963. The first-order valence-electron chi connectivity index (χ1n) is 8.03. The van der Waals surface area contributed by atoms with Gasteiger partial charge in [-0.25, -0.2) is 0 Å². The topological polar surface area (TPSA) is 44.9 Å². The van der Waals surface area contributed by atoms with Crippen LogP contribution in [0.3, 0.4) is 0 Å². The van der Waals surface area contributed by atoms with Crippen LogP contribution in [-0.4, -0.2) is 16.9 Å². The first kappa shape index (κ1) is 12.9. The van der Waals surface area contributed by atoms with E-state index in [0.717, 1.165) is 28.3 Å². The van der Waals surface area contributed by atoms with Crippen molar-refractivity contribution >= 4 is 16.8 Å². The van der Waals surface area contributed by atoms with Crippen LogP contribution in [0.1, 0.15) is 47.3 Å². The number of fused-ring (bicyclic) bond motifs is 1. The van der Waals surface area contributed by atoms with Crippen molar-refractivity contribution in [3.05, 3.63) is 35.0 Å². The molecule has 0 spiro atoms. The Balaban J connectivity index is 1.59. The van der Waals surface area contributed by atoms with Crippen molar-refractivity contribution in [2.24, 2.45) is 11.8 Å². The van der Waals surface area contributed by atoms with E-state index in [2.05, 4.69) is 24.1 Å². The predicted octanol–water partition coefficient (Wildman–Crippen LogP) is 3.70. The molecule has 0 aliphatic heterocycles. The molecule has 2 aliphatic carbocycles. The smallest absolute Gasteiger partial charge is 0.251 e. The van der Waals surface area contributed by atoms with Gasteiger partial charge < -0.3 is 10.3 Å². The Hall–Kier alpha value is -1.77. The second-order valence-electron chi connectivity index (χ2n) is 6.81. The average molecular weight is 282 g/mol. The first-order valence-corrected chi connectivity index (χ1v) is 8.03. The molecule has 110 valence electrons. The molecular formula is C18H22N2O. The summed E-state index contributed by atoms with van der Waals surface area (Å²) in [4.78, 5) is 15.9. The highest BCUT2D eigenvalue weighted by Crippen LogP contribution is 2.44. The van der Waals surface area contributed by atoms with Gasteiger partial charge in [0.1, 0.15) is 0 Å². The molecule has 21 heavy (non-hydrogen) atoms. The first-order chi connectivity index (χ1) is 10.1. The van der Waals surface area contributed by atoms with Crippen LogP contribution in [-0.2, 0) is 0 Å². The molecule has 3 nitrogen and oxygen atoms in total. The quantitative estimate of drug-likeness (QED) is 0.882. The third-order valence-corrected chi connectivity index (χ3v) is 5.13. The number of benzene rings is 1. The number of hydrogen-bond donors (Lipinski definition) is 2. The van der Waals surface area contributed by atoms with E-state index < -0.39 is 0 Å². The molecule has 2 aromatic rings. The van der Waals surface area contributed by atoms with Crippen molar-refractivity contribution in [1.82, 2.24) is 10.3 Å². The summed E-state index contributed by atoms with van der Waals surface area (Å²) in [7, 11) is 0. The Labute approximate surface area is 125 Å². The summed E-state index contributed by atoms with van der Waals surface area (Å²) in [6, 6.07) is 6.40. The maximum atomic E-state index is 12.6. The average Bonchev–Trinajstić information content (AvgIpc) is 3.37. The van der Waals surface area contributed by atoms with Gasteiger partial charge in [0.05, 0.1) is 0 Å². The Morgan fingerprint density at radius 3 is 2.48 bits per heavy atom. The molecule has 2 aliphatic rings. The standard InChI is InChI=1S/C18H22N2O/c1-10-11(2)19-16-8-7-14(9-15(10)16)18(21)20-17(12-3-4-12)13-5-6-13/h7-9,12-13,17,19H,3-6H2,1-2H3,(H,20,21). The van der Waals surface area contributed by atoms with Gasteiger partial charge in [-0.05, 0) is 75.1 Å². The van der Waals surface area contributed by atoms with E-state index in [1.807, 2.05) is 18.2 Å². The van der Waals surface area contributed by atoms with Gasteiger partial charge in [-0.15, -0.1) is 0 Å². The van der Waals surface area contributed by atoms with Gasteiger partial charge in [0.25, 0.3) is 5.91 Å². The zero-order valence-electron chi connectivity index (χ0n) is 12.7. The van der Waals surface area contributed by atoms with Crippen LogP contribution in [0.15, 0.2) is 18.2 Å². The van der Waals surface area contributed by atoms with Crippen molar-refractivity contribution in [2.75, 3.05) is 0 Å². The summed E-state index contributed by atoms with van der Waals surface area (Å²) in [5.41, 5.74) is 4.32. The predicted molar refractivity (Wildman–Crippen MR) is 84.5 cm³/mol. The number of carbonyl (C=O) groups is 1. The fourth-order valence-electron chi connectivity index (χ4n) is 3.37. The van der Waals surface area contributed by atoms with Crippen LogP contribution < -0.4 is 5.32 Å². The fraction of sp³-hybridized carbons (Fsp3) is 0.500. The number of hydrogen-bond acceptors (Lipinski definition) is 1. The highest BCUT2D eigenvalue weighted by molar-refractivity contribution is 5.99. The number of aryl methyl sites for hydroxylation is 2. The Bertz CT molecular complexity index is 695. The molecule has 1 aromatic heterocycles. The molecular weight excluding hydrogens is 260 g/mol. The lowest BCUT2D eigenvalue weighted by atomic mass is 10.1. The second-order valence-corrected chi connectivity index (χ2v) is 6.81. The summed E-state index contributed by atoms with van der Waals surface area (Å²) >= 11 is 0. The molecule has 0 saturated heterocycles. The van der Waals surface area contributed by atoms with Crippen molar-refractivity contribution in [2.45, 2.75) is 45.6 Å². The van der Waals surface area contributed by atoms with Gasteiger partial charge in [-0.1, -0.05) is 0 Å². The lowest BCUT2D eigenvalue weighted by molar-refractivity contribution is 0.0926. The SMILES string of the molecule is Cc1[nH]c2ccc(C(=O)NC(C3CC3)C3CC3)cc2c1C. The Morgan fingerprint density at radius 2 is 1.86 bits per heavy atom. The lowest BCUT2D eigenvalue weighted by Crippen LogP contribution is -2.38. The zero-order valence-corrected chi connectivity index (χ0v) is 12.7. The number of rotatable bonds is 4. The molecule has 2 saturated carbocycles. The third kappa shape index (κ3) is 2.35. The minimum Gasteiger partial charge on any atom is -0.358 e. The van der Waals surface area contributed by atoms with E-state index in [4.69, 9.17) is 0 Å². The van der Waals surface area contributed by atoms with E-state index in [0.29, 0.717) is 6.04 Å². The Morgan fingerprint density at radius 1 is 1.19 bits per heavy atom. The minimum atomic E-state index is 0.0963. The molecule has 1 aromatic carbocycles. The summed E-state index contributed by atoms with van der Waals surface area (Å²) < 4.78 is 0. The van der Waals surface area contributed by atoms with Crippen LogP contribution in [0.25, 0.3) is 10.9 Å². The molecule has 3 heteroatoms. The van der Waals surface area contributed by atoms with Crippen molar-refractivity contribution in [1.29, 1.82) is 0 Å². The van der Waals surface area contributed by atoms with Crippen LogP contribution in [0.4, 0.5) is 0 Å². The van der Waals surface area contributed by atoms with Gasteiger partial charge in [0.2, 0.25) is 0 Å². The van der Waals surface area contributed by atoms with Gasteiger partial charge in [0, 0.05) is 28.2 Å². The number of aromatic amines is 1. The molecule has 2 N–H and O–H groups in total. The van der Waals surface area contributed by atoms with E-state index in [9.17, 15) is 4.79 Å². The van der Waals surface area contributed by atoms with Gasteiger partial charge in [-0.3, -0.25) is 4.79 Å². The summed E-state index contributed by atoms with van der Waals surface area (Å²) in [5.74, 6) is 1.57. The summed E-state index contributed by atoms with van der Waals surface area (Å²) in [6.07, 6.45) is 5.15. The molecule has 4 rings (SSSR count). The molecule has 2 fully saturated rings. The van der Waals surface area contributed by atoms with E-state index in [1.54, 1.807) is 0 Å². The molecule has 1 amide bonds. The van der Waals surface area contributed by atoms with E-state index in [-0.39, 0.29) is 5.91 Å². The summed E-state index contributed by atoms with van der Waals surface area (Å²) in [5, 5.41) is 4.46. The fourth-order valence-corrected chi connectivity index (χ4v) is 3.37. The monoisotopic (exact) mass is 282 g/mol. The van der Waals surface area contributed by atoms with E-state index in [1.165, 1.54) is 36.9 Å². The molecule has 0 radical (unpaired) electrons. The van der Waals surface area contributed by atoms with Crippen LogP contribution in [0, 0.1) is 25.7 Å². The maximum absolute atomic E-state index is 12.6.